The minimum atomic E-state index is -1.57. The van der Waals surface area contributed by atoms with Crippen LogP contribution in [0.25, 0.3) is 0 Å². The van der Waals surface area contributed by atoms with E-state index >= 15 is 0 Å². The first-order valence-electron chi connectivity index (χ1n) is 5.21. The van der Waals surface area contributed by atoms with E-state index in [1.165, 1.54) is 11.1 Å². The molecule has 0 aromatic carbocycles. The summed E-state index contributed by atoms with van der Waals surface area (Å²) in [5.41, 5.74) is 3.35. The Bertz CT molecular complexity index is 385. The van der Waals surface area contributed by atoms with Crippen LogP contribution in [0.2, 0.25) is 19.6 Å². The Morgan fingerprint density at radius 2 is 2.07 bits per heavy atom. The van der Waals surface area contributed by atoms with Crippen LogP contribution in [0.3, 0.4) is 0 Å². The number of hydrogen-bond donors (Lipinski definition) is 0. The van der Waals surface area contributed by atoms with Gasteiger partial charge in [-0.05, 0) is 26.6 Å². The van der Waals surface area contributed by atoms with Crippen LogP contribution in [0.4, 0.5) is 0 Å². The van der Waals surface area contributed by atoms with E-state index in [1.54, 1.807) is 0 Å². The van der Waals surface area contributed by atoms with Crippen LogP contribution < -0.4 is 4.43 Å². The Morgan fingerprint density at radius 3 is 2.73 bits per heavy atom. The fourth-order valence-electron chi connectivity index (χ4n) is 1.66. The Morgan fingerprint density at radius 1 is 1.33 bits per heavy atom. The van der Waals surface area contributed by atoms with E-state index in [0.29, 0.717) is 13.2 Å². The van der Waals surface area contributed by atoms with Gasteiger partial charge in [-0.3, -0.25) is 4.98 Å². The molecule has 2 heterocycles. The molecule has 3 nitrogen and oxygen atoms in total. The van der Waals surface area contributed by atoms with Gasteiger partial charge in [0.05, 0.1) is 18.9 Å². The highest BCUT2D eigenvalue weighted by Crippen LogP contribution is 2.32. The maximum atomic E-state index is 6.07. The van der Waals surface area contributed by atoms with Crippen molar-refractivity contribution < 1.29 is 9.16 Å². The topological polar surface area (TPSA) is 31.4 Å². The van der Waals surface area contributed by atoms with Gasteiger partial charge in [-0.1, -0.05) is 0 Å². The second-order valence-corrected chi connectivity index (χ2v) is 9.31. The lowest BCUT2D eigenvalue weighted by atomic mass is 10.1. The van der Waals surface area contributed by atoms with Crippen LogP contribution in [0.5, 0.6) is 5.75 Å². The minimum absolute atomic E-state index is 0.665. The molecule has 15 heavy (non-hydrogen) atoms. The smallest absolute Gasteiger partial charge is 0.242 e. The van der Waals surface area contributed by atoms with Gasteiger partial charge < -0.3 is 9.16 Å². The van der Waals surface area contributed by atoms with E-state index in [-0.39, 0.29) is 0 Å². The number of hydrogen-bond acceptors (Lipinski definition) is 3. The van der Waals surface area contributed by atoms with Crippen molar-refractivity contribution in [1.82, 2.24) is 4.98 Å². The van der Waals surface area contributed by atoms with E-state index in [0.717, 1.165) is 11.4 Å². The fraction of sp³-hybridized carbons (Fsp3) is 0.545. The van der Waals surface area contributed by atoms with Crippen LogP contribution in [0.1, 0.15) is 16.8 Å². The summed E-state index contributed by atoms with van der Waals surface area (Å²) >= 11 is 0. The summed E-state index contributed by atoms with van der Waals surface area (Å²) < 4.78 is 11.5. The Labute approximate surface area is 91.6 Å². The van der Waals surface area contributed by atoms with E-state index in [2.05, 4.69) is 24.6 Å². The number of aromatic nitrogens is 1. The van der Waals surface area contributed by atoms with E-state index < -0.39 is 8.32 Å². The van der Waals surface area contributed by atoms with Gasteiger partial charge in [0.15, 0.2) is 0 Å². The molecule has 0 N–H and O–H groups in total. The second-order valence-electron chi connectivity index (χ2n) is 4.88. The summed E-state index contributed by atoms with van der Waals surface area (Å²) in [5, 5.41) is 0. The molecular formula is C11H17NO2Si. The summed E-state index contributed by atoms with van der Waals surface area (Å²) in [6.07, 6.45) is 1.90. The average molecular weight is 223 g/mol. The molecule has 0 amide bonds. The molecule has 0 saturated heterocycles. The Balaban J connectivity index is 2.41. The third kappa shape index (κ3) is 2.21. The van der Waals surface area contributed by atoms with Gasteiger partial charge in [-0.2, -0.15) is 0 Å². The van der Waals surface area contributed by atoms with Crippen LogP contribution >= 0.6 is 0 Å². The predicted molar refractivity (Wildman–Crippen MR) is 61.4 cm³/mol. The predicted octanol–water partition coefficient (Wildman–Crippen LogP) is 2.63. The van der Waals surface area contributed by atoms with Gasteiger partial charge in [0.25, 0.3) is 0 Å². The summed E-state index contributed by atoms with van der Waals surface area (Å²) in [6.45, 7) is 9.88. The van der Waals surface area contributed by atoms with Crippen molar-refractivity contribution in [1.29, 1.82) is 0 Å². The third-order valence-corrected chi connectivity index (χ3v) is 3.13. The van der Waals surface area contributed by atoms with Crippen molar-refractivity contribution in [2.75, 3.05) is 0 Å². The molecule has 1 aromatic rings. The standard InChI is InChI=1S/C11H17NO2Si/c1-8-11(14-15(2,3)4)10-7-13-6-9(10)5-12-8/h5H,6-7H2,1-4H3. The first kappa shape index (κ1) is 10.6. The highest BCUT2D eigenvalue weighted by Gasteiger charge is 2.24. The third-order valence-electron chi connectivity index (χ3n) is 2.32. The molecule has 0 radical (unpaired) electrons. The zero-order valence-electron chi connectivity index (χ0n) is 9.76. The maximum absolute atomic E-state index is 6.07. The van der Waals surface area contributed by atoms with E-state index in [1.807, 2.05) is 13.1 Å². The van der Waals surface area contributed by atoms with Gasteiger partial charge in [-0.15, -0.1) is 0 Å². The Kier molecular flexibility index (Phi) is 2.56. The van der Waals surface area contributed by atoms with Crippen LogP contribution in [-0.2, 0) is 18.0 Å². The molecule has 0 spiro atoms. The number of nitrogens with zero attached hydrogens (tertiary/aromatic N) is 1. The van der Waals surface area contributed by atoms with Gasteiger partial charge in [-0.25, -0.2) is 0 Å². The second kappa shape index (κ2) is 3.61. The highest BCUT2D eigenvalue weighted by molar-refractivity contribution is 6.70. The zero-order valence-corrected chi connectivity index (χ0v) is 10.8. The maximum Gasteiger partial charge on any atom is 0.242 e. The van der Waals surface area contributed by atoms with Crippen molar-refractivity contribution in [3.05, 3.63) is 23.0 Å². The first-order valence-corrected chi connectivity index (χ1v) is 8.62. The summed E-state index contributed by atoms with van der Waals surface area (Å²) in [7, 11) is -1.57. The molecule has 1 aliphatic heterocycles. The molecule has 1 aromatic heterocycles. The molecule has 0 bridgehead atoms. The van der Waals surface area contributed by atoms with Gasteiger partial charge in [0.2, 0.25) is 8.32 Å². The highest BCUT2D eigenvalue weighted by atomic mass is 28.4. The monoisotopic (exact) mass is 223 g/mol. The lowest BCUT2D eigenvalue weighted by Crippen LogP contribution is -2.30. The minimum Gasteiger partial charge on any atom is -0.543 e. The van der Waals surface area contributed by atoms with Crippen molar-refractivity contribution in [3.63, 3.8) is 0 Å². The average Bonchev–Trinajstić information content (AvgIpc) is 2.56. The molecule has 0 saturated carbocycles. The molecule has 0 aliphatic carbocycles. The quantitative estimate of drug-likeness (QED) is 0.722. The van der Waals surface area contributed by atoms with Gasteiger partial charge in [0.1, 0.15) is 5.75 Å². The molecule has 2 rings (SSSR count). The lowest BCUT2D eigenvalue weighted by molar-refractivity contribution is 0.134. The fourth-order valence-corrected chi connectivity index (χ4v) is 2.55. The van der Waals surface area contributed by atoms with Crippen molar-refractivity contribution in [2.45, 2.75) is 39.8 Å². The van der Waals surface area contributed by atoms with E-state index in [4.69, 9.17) is 9.16 Å². The molecule has 0 atom stereocenters. The van der Waals surface area contributed by atoms with Crippen molar-refractivity contribution >= 4 is 8.32 Å². The molecule has 4 heteroatoms. The largest absolute Gasteiger partial charge is 0.543 e. The van der Waals surface area contributed by atoms with Crippen LogP contribution in [0, 0.1) is 6.92 Å². The lowest BCUT2D eigenvalue weighted by Gasteiger charge is -2.22. The molecule has 0 unspecified atom stereocenters. The van der Waals surface area contributed by atoms with Crippen LogP contribution in [-0.4, -0.2) is 13.3 Å². The van der Waals surface area contributed by atoms with Crippen molar-refractivity contribution in [2.24, 2.45) is 0 Å². The Hall–Kier alpha value is -0.873. The first-order chi connectivity index (χ1) is 6.97. The number of fused-ring (bicyclic) bond motifs is 1. The molecule has 1 aliphatic rings. The SMILES string of the molecule is Cc1ncc2c(c1O[Si](C)(C)C)COC2. The number of ether oxygens (including phenoxy) is 1. The zero-order chi connectivity index (χ0) is 11.1. The van der Waals surface area contributed by atoms with Gasteiger partial charge >= 0.3 is 0 Å². The number of pyridine rings is 1. The molecule has 82 valence electrons. The summed E-state index contributed by atoms with van der Waals surface area (Å²) in [4.78, 5) is 4.35. The molecule has 0 fully saturated rings. The number of aryl methyl sites for hydroxylation is 1. The van der Waals surface area contributed by atoms with E-state index in [9.17, 15) is 0 Å². The normalized spacial score (nSPS) is 15.2. The van der Waals surface area contributed by atoms with Gasteiger partial charge in [0, 0.05) is 17.3 Å². The molecular weight excluding hydrogens is 206 g/mol. The summed E-state index contributed by atoms with van der Waals surface area (Å²) in [5.74, 6) is 0.962. The van der Waals surface area contributed by atoms with Crippen molar-refractivity contribution in [3.8, 4) is 5.75 Å². The van der Waals surface area contributed by atoms with Crippen LogP contribution in [0.15, 0.2) is 6.20 Å². The summed E-state index contributed by atoms with van der Waals surface area (Å²) in [6, 6.07) is 0. The number of rotatable bonds is 2.